The molecule has 0 bridgehead atoms. The van der Waals surface area contributed by atoms with E-state index in [1.807, 2.05) is 50.5 Å². The van der Waals surface area contributed by atoms with E-state index in [0.717, 1.165) is 28.9 Å². The Morgan fingerprint density at radius 1 is 1.11 bits per heavy atom. The van der Waals surface area contributed by atoms with Crippen molar-refractivity contribution in [3.05, 3.63) is 83.7 Å². The number of hydrogen-bond acceptors (Lipinski definition) is 4. The van der Waals surface area contributed by atoms with Gasteiger partial charge in [-0.3, -0.25) is 14.8 Å². The predicted octanol–water partition coefficient (Wildman–Crippen LogP) is 3.61. The number of halogens is 2. The number of nitrogens with zero attached hydrogens (tertiary/aromatic N) is 5. The molecule has 9 nitrogen and oxygen atoms in total. The van der Waals surface area contributed by atoms with E-state index < -0.39 is 29.6 Å². The maximum Gasteiger partial charge on any atom is 0.320 e. The third-order valence-electron chi connectivity index (χ3n) is 6.52. The average molecular weight is 506 g/mol. The molecule has 0 spiro atoms. The molecule has 2 aromatic carbocycles. The standard InChI is InChI=1S/C26H25F2N7O2/c1-16-24(18-11-29-33(2)12-18)32-35(19-6-4-3-5-7-19)25(16)31-26(37)30-23-14-34(15-36)13-20(23)17-8-9-21(27)22(28)10-17/h3-12,15,20,23H,13-14H2,1-2H3,(H2,30,31,37)/t20-,23+/m0/s1. The summed E-state index contributed by atoms with van der Waals surface area (Å²) in [5.74, 6) is -1.87. The topological polar surface area (TPSA) is 97.1 Å². The van der Waals surface area contributed by atoms with Crippen LogP contribution in [0.25, 0.3) is 16.9 Å². The van der Waals surface area contributed by atoms with Gasteiger partial charge in [0.2, 0.25) is 6.41 Å². The van der Waals surface area contributed by atoms with Gasteiger partial charge in [0.05, 0.1) is 17.9 Å². The average Bonchev–Trinajstić information content (AvgIpc) is 3.59. The molecule has 0 saturated carbocycles. The molecule has 2 atom stereocenters. The summed E-state index contributed by atoms with van der Waals surface area (Å²) >= 11 is 0. The fraction of sp³-hybridized carbons (Fsp3) is 0.231. The van der Waals surface area contributed by atoms with Crippen LogP contribution >= 0.6 is 0 Å². The zero-order valence-corrected chi connectivity index (χ0v) is 20.2. The summed E-state index contributed by atoms with van der Waals surface area (Å²) in [6, 6.07) is 12.0. The first-order chi connectivity index (χ1) is 17.8. The lowest BCUT2D eigenvalue weighted by atomic mass is 9.94. The number of anilines is 1. The van der Waals surface area contributed by atoms with E-state index in [0.29, 0.717) is 23.5 Å². The Bertz CT molecular complexity index is 1450. The minimum atomic E-state index is -0.976. The Kier molecular flexibility index (Phi) is 6.43. The lowest BCUT2D eigenvalue weighted by Crippen LogP contribution is -2.42. The van der Waals surface area contributed by atoms with E-state index in [1.165, 1.54) is 11.0 Å². The summed E-state index contributed by atoms with van der Waals surface area (Å²) in [7, 11) is 1.81. The number of carbonyl (C=O) groups is 2. The van der Waals surface area contributed by atoms with Gasteiger partial charge in [-0.1, -0.05) is 24.3 Å². The quantitative estimate of drug-likeness (QED) is 0.392. The van der Waals surface area contributed by atoms with Gasteiger partial charge in [0.1, 0.15) is 11.5 Å². The molecule has 5 rings (SSSR count). The second-order valence-electron chi connectivity index (χ2n) is 9.02. The fourth-order valence-corrected chi connectivity index (χ4v) is 4.68. The summed E-state index contributed by atoms with van der Waals surface area (Å²) in [6.07, 6.45) is 4.22. The van der Waals surface area contributed by atoms with Crippen molar-refractivity contribution in [2.75, 3.05) is 18.4 Å². The molecule has 1 saturated heterocycles. The Hall–Kier alpha value is -4.54. The van der Waals surface area contributed by atoms with Gasteiger partial charge in [-0.2, -0.15) is 10.2 Å². The fourth-order valence-electron chi connectivity index (χ4n) is 4.68. The summed E-state index contributed by atoms with van der Waals surface area (Å²) in [5.41, 5.74) is 3.46. The third-order valence-corrected chi connectivity index (χ3v) is 6.52. The molecule has 4 aromatic rings. The lowest BCUT2D eigenvalue weighted by Gasteiger charge is -2.21. The minimum Gasteiger partial charge on any atom is -0.342 e. The van der Waals surface area contributed by atoms with Gasteiger partial charge in [0.15, 0.2) is 11.6 Å². The van der Waals surface area contributed by atoms with E-state index in [-0.39, 0.29) is 13.1 Å². The van der Waals surface area contributed by atoms with E-state index in [9.17, 15) is 18.4 Å². The normalized spacial score (nSPS) is 17.1. The number of benzene rings is 2. The van der Waals surface area contributed by atoms with Crippen molar-refractivity contribution >= 4 is 18.3 Å². The summed E-state index contributed by atoms with van der Waals surface area (Å²) in [4.78, 5) is 26.2. The molecule has 11 heteroatoms. The van der Waals surface area contributed by atoms with Gasteiger partial charge >= 0.3 is 6.03 Å². The zero-order valence-electron chi connectivity index (χ0n) is 20.2. The second kappa shape index (κ2) is 9.84. The summed E-state index contributed by atoms with van der Waals surface area (Å²) in [6.45, 7) is 2.36. The molecular formula is C26H25F2N7O2. The van der Waals surface area contributed by atoms with E-state index >= 15 is 0 Å². The maximum absolute atomic E-state index is 13.9. The van der Waals surface area contributed by atoms with Crippen LogP contribution in [0.15, 0.2) is 60.9 Å². The summed E-state index contributed by atoms with van der Waals surface area (Å²) < 4.78 is 30.7. The van der Waals surface area contributed by atoms with Crippen LogP contribution in [0, 0.1) is 18.6 Å². The number of hydrogen-bond donors (Lipinski definition) is 2. The number of rotatable bonds is 6. The molecule has 1 fully saturated rings. The molecule has 2 aromatic heterocycles. The molecule has 3 heterocycles. The molecule has 0 unspecified atom stereocenters. The lowest BCUT2D eigenvalue weighted by molar-refractivity contribution is -0.117. The molecule has 190 valence electrons. The first-order valence-corrected chi connectivity index (χ1v) is 11.7. The molecule has 0 aliphatic carbocycles. The monoisotopic (exact) mass is 505 g/mol. The van der Waals surface area contributed by atoms with E-state index in [1.54, 1.807) is 15.6 Å². The van der Waals surface area contributed by atoms with Gasteiger partial charge in [0.25, 0.3) is 0 Å². The number of amides is 3. The van der Waals surface area contributed by atoms with E-state index in [4.69, 9.17) is 5.10 Å². The van der Waals surface area contributed by atoms with Crippen molar-refractivity contribution < 1.29 is 18.4 Å². The number of carbonyl (C=O) groups excluding carboxylic acids is 2. The molecule has 2 N–H and O–H groups in total. The number of aryl methyl sites for hydroxylation is 1. The first-order valence-electron chi connectivity index (χ1n) is 11.7. The number of para-hydroxylation sites is 1. The molecule has 0 radical (unpaired) electrons. The highest BCUT2D eigenvalue weighted by atomic mass is 19.2. The van der Waals surface area contributed by atoms with Gasteiger partial charge in [-0.25, -0.2) is 18.3 Å². The molecule has 1 aliphatic heterocycles. The van der Waals surface area contributed by atoms with E-state index in [2.05, 4.69) is 15.7 Å². The van der Waals surface area contributed by atoms with Gasteiger partial charge in [-0.15, -0.1) is 0 Å². The number of nitrogens with one attached hydrogen (secondary N) is 2. The Labute approximate surface area is 211 Å². The second-order valence-corrected chi connectivity index (χ2v) is 9.02. The van der Waals surface area contributed by atoms with Crippen LogP contribution in [0.2, 0.25) is 0 Å². The van der Waals surface area contributed by atoms with Crippen molar-refractivity contribution in [2.24, 2.45) is 7.05 Å². The SMILES string of the molecule is Cc1c(-c2cnn(C)c2)nn(-c2ccccc2)c1NC(=O)N[C@@H]1CN(C=O)C[C@H]1c1ccc(F)c(F)c1. The number of urea groups is 1. The van der Waals surface area contributed by atoms with Gasteiger partial charge in [-0.05, 0) is 36.8 Å². The van der Waals surface area contributed by atoms with Crippen LogP contribution in [0.5, 0.6) is 0 Å². The molecule has 3 amide bonds. The van der Waals surface area contributed by atoms with Gasteiger partial charge in [0, 0.05) is 43.4 Å². The predicted molar refractivity (Wildman–Crippen MR) is 133 cm³/mol. The van der Waals surface area contributed by atoms with Crippen LogP contribution < -0.4 is 10.6 Å². The maximum atomic E-state index is 13.9. The highest BCUT2D eigenvalue weighted by Gasteiger charge is 2.35. The van der Waals surface area contributed by atoms with Crippen LogP contribution in [0.3, 0.4) is 0 Å². The van der Waals surface area contributed by atoms with Crippen LogP contribution in [0.1, 0.15) is 17.0 Å². The van der Waals surface area contributed by atoms with Crippen LogP contribution in [0.4, 0.5) is 19.4 Å². The Morgan fingerprint density at radius 3 is 2.57 bits per heavy atom. The van der Waals surface area contributed by atoms with Crippen LogP contribution in [-0.2, 0) is 11.8 Å². The van der Waals surface area contributed by atoms with Crippen molar-refractivity contribution in [3.63, 3.8) is 0 Å². The highest BCUT2D eigenvalue weighted by Crippen LogP contribution is 2.31. The van der Waals surface area contributed by atoms with Gasteiger partial charge < -0.3 is 10.2 Å². The molecule has 37 heavy (non-hydrogen) atoms. The summed E-state index contributed by atoms with van der Waals surface area (Å²) in [5, 5.41) is 14.8. The Balaban J connectivity index is 1.43. The number of aromatic nitrogens is 4. The third kappa shape index (κ3) is 4.80. The largest absolute Gasteiger partial charge is 0.342 e. The minimum absolute atomic E-state index is 0.235. The van der Waals surface area contributed by atoms with Crippen molar-refractivity contribution in [1.29, 1.82) is 0 Å². The van der Waals surface area contributed by atoms with Crippen LogP contribution in [-0.4, -0.2) is 56.0 Å². The van der Waals surface area contributed by atoms with Crippen molar-refractivity contribution in [2.45, 2.75) is 18.9 Å². The zero-order chi connectivity index (χ0) is 26.1. The molecular weight excluding hydrogens is 480 g/mol. The Morgan fingerprint density at radius 2 is 1.89 bits per heavy atom. The molecule has 1 aliphatic rings. The van der Waals surface area contributed by atoms with Crippen molar-refractivity contribution in [3.8, 4) is 16.9 Å². The number of likely N-dealkylation sites (tertiary alicyclic amines) is 1. The van der Waals surface area contributed by atoms with Crippen molar-refractivity contribution in [1.82, 2.24) is 29.8 Å². The first kappa shape index (κ1) is 24.2. The smallest absolute Gasteiger partial charge is 0.320 e. The highest BCUT2D eigenvalue weighted by molar-refractivity contribution is 5.91.